The fraction of sp³-hybridized carbons (Fsp3) is 0.818. The van der Waals surface area contributed by atoms with Crippen molar-refractivity contribution in [2.24, 2.45) is 0 Å². The standard InChI is InChI=1S/C44H88N2O14Si4/c1-13-49-61(50-14-2,51-15-3)37-25-33-45(34-26-38-62(52-16-4,53-17-5)54-18-6)43(47)41-29-31-42(32-30-41)44(48)46(35-27-39-63(55-19-7,56-20-8)57-21-9)36-28-40-64(58-22-10,59-23-11)60-24-12/h29-32H,13-28,33-40H2,1-12H3. The van der Waals surface area contributed by atoms with Crippen molar-refractivity contribution in [3.63, 3.8) is 0 Å². The Bertz CT molecular complexity index is 1120. The first kappa shape index (κ1) is 60.6. The lowest BCUT2D eigenvalue weighted by molar-refractivity contribution is 0.0636. The number of rotatable bonds is 42. The van der Waals surface area contributed by atoms with E-state index in [1.807, 2.05) is 92.9 Å². The molecular formula is C44H88N2O14Si4. The molecule has 0 unspecified atom stereocenters. The predicted molar refractivity (Wildman–Crippen MR) is 258 cm³/mol. The van der Waals surface area contributed by atoms with E-state index in [1.165, 1.54) is 0 Å². The summed E-state index contributed by atoms with van der Waals surface area (Å²) in [4.78, 5) is 32.5. The van der Waals surface area contributed by atoms with E-state index in [0.717, 1.165) is 0 Å². The second kappa shape index (κ2) is 34.8. The predicted octanol–water partition coefficient (Wildman–Crippen LogP) is 8.33. The van der Waals surface area contributed by atoms with E-state index in [0.29, 0.717) is 166 Å². The highest BCUT2D eigenvalue weighted by atomic mass is 28.4. The van der Waals surface area contributed by atoms with E-state index in [4.69, 9.17) is 53.1 Å². The number of nitrogens with zero attached hydrogens (tertiary/aromatic N) is 2. The summed E-state index contributed by atoms with van der Waals surface area (Å²) in [7, 11) is -11.8. The van der Waals surface area contributed by atoms with E-state index >= 15 is 0 Å². The van der Waals surface area contributed by atoms with Crippen molar-refractivity contribution >= 4 is 47.0 Å². The van der Waals surface area contributed by atoms with Crippen LogP contribution in [0.1, 0.15) is 129 Å². The molecule has 16 nitrogen and oxygen atoms in total. The molecule has 0 aliphatic carbocycles. The van der Waals surface area contributed by atoms with Crippen LogP contribution in [0.2, 0.25) is 24.2 Å². The number of hydrogen-bond donors (Lipinski definition) is 0. The number of benzene rings is 1. The number of amides is 2. The van der Waals surface area contributed by atoms with Crippen LogP contribution < -0.4 is 0 Å². The summed E-state index contributed by atoms with van der Waals surface area (Å²) >= 11 is 0. The lowest BCUT2D eigenvalue weighted by atomic mass is 10.1. The summed E-state index contributed by atoms with van der Waals surface area (Å²) < 4.78 is 73.5. The lowest BCUT2D eigenvalue weighted by Crippen LogP contribution is -2.47. The van der Waals surface area contributed by atoms with Gasteiger partial charge in [-0.2, -0.15) is 0 Å². The van der Waals surface area contributed by atoms with E-state index < -0.39 is 35.2 Å². The molecule has 374 valence electrons. The third kappa shape index (κ3) is 21.2. The molecule has 0 N–H and O–H groups in total. The zero-order valence-electron chi connectivity index (χ0n) is 41.9. The maximum Gasteiger partial charge on any atom is 0.500 e. The molecule has 20 heteroatoms. The van der Waals surface area contributed by atoms with Gasteiger partial charge in [0.1, 0.15) is 0 Å². The zero-order chi connectivity index (χ0) is 47.7. The van der Waals surface area contributed by atoms with Crippen LogP contribution >= 0.6 is 0 Å². The SMILES string of the molecule is CCO[Si](CCCN(CCC[Si](OCC)(OCC)OCC)C(=O)c1ccc(C(=O)N(CCC[Si](OCC)(OCC)OCC)CCC[Si](OCC)(OCC)OCC)cc1)(OCC)OCC. The lowest BCUT2D eigenvalue weighted by Gasteiger charge is -2.31. The second-order valence-electron chi connectivity index (χ2n) is 14.5. The van der Waals surface area contributed by atoms with Crippen LogP contribution in [0.5, 0.6) is 0 Å². The quantitative estimate of drug-likeness (QED) is 0.0578. The molecule has 0 aliphatic heterocycles. The first-order chi connectivity index (χ1) is 30.9. The van der Waals surface area contributed by atoms with E-state index in [-0.39, 0.29) is 11.8 Å². The molecular weight excluding hydrogens is 893 g/mol. The van der Waals surface area contributed by atoms with Crippen molar-refractivity contribution in [2.75, 3.05) is 105 Å². The highest BCUT2D eigenvalue weighted by Crippen LogP contribution is 2.24. The van der Waals surface area contributed by atoms with Crippen LogP contribution in [-0.4, -0.2) is 162 Å². The van der Waals surface area contributed by atoms with Gasteiger partial charge in [0.05, 0.1) is 0 Å². The van der Waals surface area contributed by atoms with Crippen molar-refractivity contribution in [1.82, 2.24) is 9.80 Å². The minimum absolute atomic E-state index is 0.142. The smallest absolute Gasteiger partial charge is 0.374 e. The van der Waals surface area contributed by atoms with Gasteiger partial charge in [0.2, 0.25) is 0 Å². The van der Waals surface area contributed by atoms with Gasteiger partial charge in [-0.1, -0.05) is 0 Å². The van der Waals surface area contributed by atoms with Crippen LogP contribution in [0.3, 0.4) is 0 Å². The molecule has 0 radical (unpaired) electrons. The highest BCUT2D eigenvalue weighted by molar-refractivity contribution is 6.61. The molecule has 1 aromatic rings. The Labute approximate surface area is 392 Å². The molecule has 1 aromatic carbocycles. The monoisotopic (exact) mass is 981 g/mol. The minimum atomic E-state index is -2.94. The van der Waals surface area contributed by atoms with E-state index in [2.05, 4.69) is 0 Å². The maximum absolute atomic E-state index is 14.4. The molecule has 0 saturated carbocycles. The number of carbonyl (C=O) groups excluding carboxylic acids is 2. The van der Waals surface area contributed by atoms with Crippen molar-refractivity contribution in [3.8, 4) is 0 Å². The molecule has 0 aromatic heterocycles. The molecule has 0 saturated heterocycles. The summed E-state index contributed by atoms with van der Waals surface area (Å²) in [6, 6.07) is 9.25. The van der Waals surface area contributed by atoms with Crippen LogP contribution in [-0.2, 0) is 53.1 Å². The Morgan fingerprint density at radius 2 is 0.484 bits per heavy atom. The molecule has 0 heterocycles. The van der Waals surface area contributed by atoms with Gasteiger partial charge in [-0.3, -0.25) is 9.59 Å². The Morgan fingerprint density at radius 1 is 0.328 bits per heavy atom. The van der Waals surface area contributed by atoms with Gasteiger partial charge in [-0.15, -0.1) is 0 Å². The summed E-state index contributed by atoms with van der Waals surface area (Å²) in [6.45, 7) is 30.8. The summed E-state index contributed by atoms with van der Waals surface area (Å²) in [5.74, 6) is -0.283. The molecule has 0 fully saturated rings. The first-order valence-corrected chi connectivity index (χ1v) is 32.0. The largest absolute Gasteiger partial charge is 0.500 e. The molecule has 1 rings (SSSR count). The average Bonchev–Trinajstić information content (AvgIpc) is 3.26. The summed E-state index contributed by atoms with van der Waals surface area (Å²) in [5.41, 5.74) is 0.964. The summed E-state index contributed by atoms with van der Waals surface area (Å²) in [6.07, 6.45) is 2.48. The second-order valence-corrected chi connectivity index (χ2v) is 25.4. The normalized spacial score (nSPS) is 12.6. The third-order valence-corrected chi connectivity index (χ3v) is 22.6. The Hall–Kier alpha value is -1.45. The molecule has 0 aliphatic rings. The van der Waals surface area contributed by atoms with Crippen molar-refractivity contribution in [3.05, 3.63) is 35.4 Å². The van der Waals surface area contributed by atoms with Crippen LogP contribution in [0.25, 0.3) is 0 Å². The summed E-state index contributed by atoms with van der Waals surface area (Å²) in [5, 5.41) is 0. The van der Waals surface area contributed by atoms with Crippen molar-refractivity contribution in [1.29, 1.82) is 0 Å². The number of hydrogen-bond acceptors (Lipinski definition) is 14. The molecule has 0 bridgehead atoms. The first-order valence-electron chi connectivity index (χ1n) is 24.3. The Balaban J connectivity index is 3.50. The fourth-order valence-corrected chi connectivity index (χ4v) is 18.1. The topological polar surface area (TPSA) is 151 Å². The van der Waals surface area contributed by atoms with Gasteiger partial charge in [0.15, 0.2) is 0 Å². The van der Waals surface area contributed by atoms with Crippen LogP contribution in [0.4, 0.5) is 0 Å². The van der Waals surface area contributed by atoms with Gasteiger partial charge in [-0.05, 0) is 133 Å². The van der Waals surface area contributed by atoms with Gasteiger partial charge < -0.3 is 62.9 Å². The van der Waals surface area contributed by atoms with Crippen molar-refractivity contribution < 1.29 is 62.7 Å². The fourth-order valence-electron chi connectivity index (χ4n) is 7.70. The Morgan fingerprint density at radius 3 is 0.625 bits per heavy atom. The van der Waals surface area contributed by atoms with Crippen LogP contribution in [0.15, 0.2) is 24.3 Å². The average molecular weight is 982 g/mol. The molecule has 2 amide bonds. The zero-order valence-corrected chi connectivity index (χ0v) is 45.9. The number of carbonyl (C=O) groups is 2. The van der Waals surface area contributed by atoms with E-state index in [9.17, 15) is 9.59 Å². The molecule has 0 atom stereocenters. The van der Waals surface area contributed by atoms with Crippen molar-refractivity contribution in [2.45, 2.75) is 133 Å². The van der Waals surface area contributed by atoms with Gasteiger partial charge in [0.25, 0.3) is 11.8 Å². The van der Waals surface area contributed by atoms with Gasteiger partial charge in [0, 0.05) is 141 Å². The third-order valence-electron chi connectivity index (χ3n) is 9.97. The molecule has 64 heavy (non-hydrogen) atoms. The van der Waals surface area contributed by atoms with Crippen LogP contribution in [0, 0.1) is 0 Å². The maximum atomic E-state index is 14.4. The van der Waals surface area contributed by atoms with Gasteiger partial charge >= 0.3 is 35.2 Å². The highest BCUT2D eigenvalue weighted by Gasteiger charge is 2.43. The van der Waals surface area contributed by atoms with E-state index in [1.54, 1.807) is 24.3 Å². The molecule has 0 spiro atoms. The van der Waals surface area contributed by atoms with Gasteiger partial charge in [-0.25, -0.2) is 0 Å². The minimum Gasteiger partial charge on any atom is -0.374 e. The Kier molecular flexibility index (Phi) is 32.9.